The number of carbonyl (C=O) groups is 2. The van der Waals surface area contributed by atoms with E-state index in [-0.39, 0.29) is 24.0 Å². The van der Waals surface area contributed by atoms with Crippen LogP contribution in [-0.2, 0) is 16.0 Å². The molecular formula is C18H25N3O3. The molecule has 2 aliphatic heterocycles. The third kappa shape index (κ3) is 3.24. The molecule has 0 aliphatic carbocycles. The van der Waals surface area contributed by atoms with Gasteiger partial charge in [0.05, 0.1) is 18.7 Å². The Morgan fingerprint density at radius 1 is 1.38 bits per heavy atom. The lowest BCUT2D eigenvalue weighted by molar-refractivity contribution is -0.129. The van der Waals surface area contributed by atoms with Gasteiger partial charge in [0.1, 0.15) is 0 Å². The van der Waals surface area contributed by atoms with Crippen LogP contribution in [0.2, 0.25) is 0 Å². The number of hydrogen-bond acceptors (Lipinski definition) is 3. The van der Waals surface area contributed by atoms with Crippen molar-refractivity contribution in [3.8, 4) is 0 Å². The average molecular weight is 331 g/mol. The molecule has 2 saturated heterocycles. The number of urea groups is 1. The zero-order valence-electron chi connectivity index (χ0n) is 14.3. The van der Waals surface area contributed by atoms with E-state index in [0.29, 0.717) is 26.1 Å². The van der Waals surface area contributed by atoms with E-state index in [2.05, 4.69) is 12.2 Å². The van der Waals surface area contributed by atoms with Crippen LogP contribution in [0.1, 0.15) is 25.3 Å². The molecule has 3 rings (SSSR count). The van der Waals surface area contributed by atoms with Crippen molar-refractivity contribution in [3.63, 3.8) is 0 Å². The molecule has 3 amide bonds. The van der Waals surface area contributed by atoms with Gasteiger partial charge in [-0.1, -0.05) is 19.1 Å². The van der Waals surface area contributed by atoms with Crippen LogP contribution < -0.4 is 5.32 Å². The van der Waals surface area contributed by atoms with Crippen molar-refractivity contribution in [2.75, 3.05) is 32.1 Å². The molecule has 0 spiro atoms. The van der Waals surface area contributed by atoms with Crippen molar-refractivity contribution < 1.29 is 14.3 Å². The molecule has 0 bridgehead atoms. The van der Waals surface area contributed by atoms with E-state index in [1.165, 1.54) is 5.56 Å². The van der Waals surface area contributed by atoms with Gasteiger partial charge in [0.2, 0.25) is 5.91 Å². The summed E-state index contributed by atoms with van der Waals surface area (Å²) in [5, 5.41) is 2.98. The van der Waals surface area contributed by atoms with Crippen molar-refractivity contribution in [2.24, 2.45) is 0 Å². The molecule has 2 atom stereocenters. The van der Waals surface area contributed by atoms with Crippen LogP contribution in [0.3, 0.4) is 0 Å². The fourth-order valence-electron chi connectivity index (χ4n) is 3.72. The number of aryl methyl sites for hydroxylation is 1. The van der Waals surface area contributed by atoms with Crippen LogP contribution in [0.4, 0.5) is 10.5 Å². The Balaban J connectivity index is 1.65. The highest BCUT2D eigenvalue weighted by molar-refractivity contribution is 5.91. The highest BCUT2D eigenvalue weighted by atomic mass is 16.5. The lowest BCUT2D eigenvalue weighted by Gasteiger charge is -2.25. The first kappa shape index (κ1) is 16.8. The predicted molar refractivity (Wildman–Crippen MR) is 91.9 cm³/mol. The van der Waals surface area contributed by atoms with Crippen LogP contribution in [0.25, 0.3) is 0 Å². The van der Waals surface area contributed by atoms with Crippen LogP contribution in [0.5, 0.6) is 0 Å². The highest BCUT2D eigenvalue weighted by Crippen LogP contribution is 2.32. The number of likely N-dealkylation sites (tertiary alicyclic amines) is 2. The number of nitrogens with zero attached hydrogens (tertiary/aromatic N) is 2. The summed E-state index contributed by atoms with van der Waals surface area (Å²) in [5.41, 5.74) is 2.00. The smallest absolute Gasteiger partial charge is 0.322 e. The molecule has 6 heteroatoms. The second kappa shape index (κ2) is 7.21. The Hall–Kier alpha value is -2.08. The largest absolute Gasteiger partial charge is 0.383 e. The van der Waals surface area contributed by atoms with E-state index in [1.807, 2.05) is 34.1 Å². The Bertz CT molecular complexity index is 619. The Morgan fingerprint density at radius 2 is 2.21 bits per heavy atom. The zero-order valence-corrected chi connectivity index (χ0v) is 14.3. The molecule has 1 N–H and O–H groups in total. The van der Waals surface area contributed by atoms with Gasteiger partial charge in [0.25, 0.3) is 0 Å². The normalized spacial score (nSPS) is 22.8. The summed E-state index contributed by atoms with van der Waals surface area (Å²) in [7, 11) is 1.64. The first-order valence-corrected chi connectivity index (χ1v) is 8.59. The number of benzene rings is 1. The van der Waals surface area contributed by atoms with Crippen LogP contribution in [0, 0.1) is 0 Å². The summed E-state index contributed by atoms with van der Waals surface area (Å²) in [4.78, 5) is 28.5. The van der Waals surface area contributed by atoms with Gasteiger partial charge in [-0.25, -0.2) is 4.79 Å². The summed E-state index contributed by atoms with van der Waals surface area (Å²) in [6.07, 6.45) is 2.18. The minimum Gasteiger partial charge on any atom is -0.383 e. The number of rotatable bonds is 5. The summed E-state index contributed by atoms with van der Waals surface area (Å²) >= 11 is 0. The number of hydrogen-bond donors (Lipinski definition) is 1. The average Bonchev–Trinajstić information content (AvgIpc) is 3.11. The molecule has 1 aromatic rings. The third-order valence-corrected chi connectivity index (χ3v) is 5.00. The molecular weight excluding hydrogens is 306 g/mol. The Labute approximate surface area is 142 Å². The first-order chi connectivity index (χ1) is 11.6. The van der Waals surface area contributed by atoms with Crippen LogP contribution in [0.15, 0.2) is 24.3 Å². The van der Waals surface area contributed by atoms with Gasteiger partial charge < -0.3 is 19.9 Å². The number of carbonyl (C=O) groups excluding carboxylic acids is 2. The molecule has 130 valence electrons. The molecule has 2 heterocycles. The molecule has 2 fully saturated rings. The molecule has 0 aromatic heterocycles. The number of fused-ring (bicyclic) bond motifs is 1. The fraction of sp³-hybridized carbons (Fsp3) is 0.556. The second-order valence-electron chi connectivity index (χ2n) is 6.38. The lowest BCUT2D eigenvalue weighted by Crippen LogP contribution is -2.42. The number of methoxy groups -OCH3 is 1. The van der Waals surface area contributed by atoms with E-state index in [4.69, 9.17) is 4.74 Å². The van der Waals surface area contributed by atoms with Crippen molar-refractivity contribution >= 4 is 17.6 Å². The van der Waals surface area contributed by atoms with E-state index in [0.717, 1.165) is 18.5 Å². The van der Waals surface area contributed by atoms with Gasteiger partial charge in [-0.05, 0) is 30.5 Å². The standard InChI is InChI=1S/C18H25N3O3/c1-3-13-5-4-6-14(11-13)19-18(23)21-8-7-15-16(21)12-17(22)20(15)9-10-24-2/h4-6,11,15-16H,3,7-10,12H2,1-2H3,(H,19,23)/t15-,16+/m1/s1. The summed E-state index contributed by atoms with van der Waals surface area (Å²) < 4.78 is 5.09. The van der Waals surface area contributed by atoms with Crippen LogP contribution >= 0.6 is 0 Å². The first-order valence-electron chi connectivity index (χ1n) is 8.59. The highest BCUT2D eigenvalue weighted by Gasteiger charge is 2.48. The maximum absolute atomic E-state index is 12.6. The minimum atomic E-state index is -0.114. The molecule has 6 nitrogen and oxygen atoms in total. The minimum absolute atomic E-state index is 0.0243. The molecule has 0 unspecified atom stereocenters. The molecule has 0 radical (unpaired) electrons. The summed E-state index contributed by atoms with van der Waals surface area (Å²) in [5.74, 6) is 0.118. The molecule has 24 heavy (non-hydrogen) atoms. The summed E-state index contributed by atoms with van der Waals surface area (Å²) in [6, 6.07) is 7.88. The summed E-state index contributed by atoms with van der Waals surface area (Å²) in [6.45, 7) is 3.91. The van der Waals surface area contributed by atoms with Crippen LogP contribution in [-0.4, -0.2) is 60.6 Å². The maximum Gasteiger partial charge on any atom is 0.322 e. The van der Waals surface area contributed by atoms with Gasteiger partial charge in [0.15, 0.2) is 0 Å². The van der Waals surface area contributed by atoms with Crippen molar-refractivity contribution in [1.29, 1.82) is 0 Å². The number of ether oxygens (including phenoxy) is 1. The van der Waals surface area contributed by atoms with Gasteiger partial charge in [-0.15, -0.1) is 0 Å². The number of anilines is 1. The van der Waals surface area contributed by atoms with Gasteiger partial charge in [-0.2, -0.15) is 0 Å². The van der Waals surface area contributed by atoms with Crippen molar-refractivity contribution in [2.45, 2.75) is 38.3 Å². The van der Waals surface area contributed by atoms with E-state index >= 15 is 0 Å². The second-order valence-corrected chi connectivity index (χ2v) is 6.38. The van der Waals surface area contributed by atoms with E-state index < -0.39 is 0 Å². The Morgan fingerprint density at radius 3 is 2.96 bits per heavy atom. The monoisotopic (exact) mass is 331 g/mol. The van der Waals surface area contributed by atoms with Gasteiger partial charge in [-0.3, -0.25) is 4.79 Å². The molecule has 1 aromatic carbocycles. The van der Waals surface area contributed by atoms with E-state index in [9.17, 15) is 9.59 Å². The van der Waals surface area contributed by atoms with Gasteiger partial charge >= 0.3 is 6.03 Å². The quantitative estimate of drug-likeness (QED) is 0.899. The number of amides is 3. The SMILES string of the molecule is CCc1cccc(NC(=O)N2CC[C@@H]3[C@@H]2CC(=O)N3CCOC)c1. The predicted octanol–water partition coefficient (Wildman–Crippen LogP) is 2.10. The maximum atomic E-state index is 12.6. The fourth-order valence-corrected chi connectivity index (χ4v) is 3.72. The number of nitrogens with one attached hydrogen (secondary N) is 1. The van der Waals surface area contributed by atoms with E-state index in [1.54, 1.807) is 7.11 Å². The van der Waals surface area contributed by atoms with Crippen molar-refractivity contribution in [3.05, 3.63) is 29.8 Å². The van der Waals surface area contributed by atoms with Crippen molar-refractivity contribution in [1.82, 2.24) is 9.80 Å². The molecule has 0 saturated carbocycles. The molecule has 2 aliphatic rings. The Kier molecular flexibility index (Phi) is 5.04. The zero-order chi connectivity index (χ0) is 17.1. The third-order valence-electron chi connectivity index (χ3n) is 5.00. The topological polar surface area (TPSA) is 61.9 Å². The lowest BCUT2D eigenvalue weighted by atomic mass is 10.1. The van der Waals surface area contributed by atoms with Gasteiger partial charge in [0, 0.05) is 32.3 Å².